The van der Waals surface area contributed by atoms with Crippen LogP contribution in [0.2, 0.25) is 5.02 Å². The summed E-state index contributed by atoms with van der Waals surface area (Å²) in [5, 5.41) is 16.5. The Kier molecular flexibility index (Phi) is 5.85. The van der Waals surface area contributed by atoms with E-state index in [4.69, 9.17) is 16.3 Å². The molecule has 1 aliphatic rings. The van der Waals surface area contributed by atoms with Crippen LogP contribution in [0.3, 0.4) is 0 Å². The van der Waals surface area contributed by atoms with Crippen molar-refractivity contribution in [2.45, 2.75) is 26.1 Å². The van der Waals surface area contributed by atoms with E-state index in [1.165, 1.54) is 22.5 Å². The number of ether oxygens (including phenoxy) is 1. The van der Waals surface area contributed by atoms with Gasteiger partial charge in [0.05, 0.1) is 11.6 Å². The van der Waals surface area contributed by atoms with Crippen LogP contribution in [-0.4, -0.2) is 22.6 Å². The Hall–Kier alpha value is -2.48. The summed E-state index contributed by atoms with van der Waals surface area (Å²) in [6.45, 7) is 2.43. The summed E-state index contributed by atoms with van der Waals surface area (Å²) >= 11 is 7.48. The first-order chi connectivity index (χ1) is 13.7. The first-order valence-electron chi connectivity index (χ1n) is 8.98. The average molecular weight is 415 g/mol. The van der Waals surface area contributed by atoms with Crippen LogP contribution >= 0.6 is 22.9 Å². The molecule has 0 saturated heterocycles. The van der Waals surface area contributed by atoms with Gasteiger partial charge in [0.15, 0.2) is 5.01 Å². The predicted molar refractivity (Wildman–Crippen MR) is 109 cm³/mol. The molecule has 0 bridgehead atoms. The molecule has 1 aromatic heterocycles. The monoisotopic (exact) mass is 414 g/mol. The van der Waals surface area contributed by atoms with Crippen LogP contribution in [0.15, 0.2) is 42.5 Å². The van der Waals surface area contributed by atoms with Gasteiger partial charge in [-0.3, -0.25) is 4.79 Å². The molecule has 1 amide bonds. The van der Waals surface area contributed by atoms with E-state index < -0.39 is 0 Å². The maximum Gasteiger partial charge on any atom is 0.251 e. The third kappa shape index (κ3) is 4.49. The summed E-state index contributed by atoms with van der Waals surface area (Å²) in [6.07, 6.45) is 0.946. The number of para-hydroxylation sites is 1. The minimum atomic E-state index is -0.106. The van der Waals surface area contributed by atoms with Gasteiger partial charge in [-0.05, 0) is 48.4 Å². The molecule has 28 heavy (non-hydrogen) atoms. The molecule has 8 heteroatoms. The van der Waals surface area contributed by atoms with E-state index in [1.54, 1.807) is 12.1 Å². The number of amides is 1. The summed E-state index contributed by atoms with van der Waals surface area (Å²) in [5.41, 5.74) is 3.17. The van der Waals surface area contributed by atoms with Gasteiger partial charge in [-0.15, -0.1) is 10.2 Å². The molecule has 4 rings (SSSR count). The van der Waals surface area contributed by atoms with Gasteiger partial charge >= 0.3 is 0 Å². The van der Waals surface area contributed by atoms with Crippen LogP contribution in [0.1, 0.15) is 31.5 Å². The van der Waals surface area contributed by atoms with Gasteiger partial charge in [0.25, 0.3) is 5.91 Å². The highest BCUT2D eigenvalue weighted by atomic mass is 35.5. The van der Waals surface area contributed by atoms with Gasteiger partial charge in [-0.1, -0.05) is 41.1 Å². The fourth-order valence-corrected chi connectivity index (χ4v) is 3.88. The van der Waals surface area contributed by atoms with E-state index in [1.807, 2.05) is 30.3 Å². The van der Waals surface area contributed by atoms with Crippen molar-refractivity contribution in [3.63, 3.8) is 0 Å². The minimum Gasteiger partial charge on any atom is -0.485 e. The van der Waals surface area contributed by atoms with Crippen LogP contribution in [0, 0.1) is 0 Å². The number of rotatable bonds is 6. The molecule has 3 aromatic rings. The zero-order chi connectivity index (χ0) is 19.3. The maximum atomic E-state index is 12.4. The van der Waals surface area contributed by atoms with E-state index in [2.05, 4.69) is 20.8 Å². The second kappa shape index (κ2) is 8.68. The van der Waals surface area contributed by atoms with Crippen molar-refractivity contribution in [1.82, 2.24) is 20.8 Å². The van der Waals surface area contributed by atoms with Crippen molar-refractivity contribution in [1.29, 1.82) is 0 Å². The number of nitrogens with one attached hydrogen (secondary N) is 2. The van der Waals surface area contributed by atoms with Crippen molar-refractivity contribution < 1.29 is 9.53 Å². The first-order valence-corrected chi connectivity index (χ1v) is 10.2. The fourth-order valence-electron chi connectivity index (χ4n) is 3.00. The van der Waals surface area contributed by atoms with Crippen LogP contribution < -0.4 is 15.4 Å². The molecule has 6 nitrogen and oxygen atoms in total. The fraction of sp³-hybridized carbons (Fsp3) is 0.250. The third-order valence-electron chi connectivity index (χ3n) is 4.45. The van der Waals surface area contributed by atoms with Gasteiger partial charge in [0.1, 0.15) is 17.4 Å². The third-order valence-corrected chi connectivity index (χ3v) is 5.66. The molecule has 2 N–H and O–H groups in total. The number of benzene rings is 2. The van der Waals surface area contributed by atoms with Gasteiger partial charge in [0.2, 0.25) is 0 Å². The van der Waals surface area contributed by atoms with Gasteiger partial charge in [-0.2, -0.15) is 0 Å². The predicted octanol–water partition coefficient (Wildman–Crippen LogP) is 3.35. The molecule has 0 aliphatic carbocycles. The molecular weight excluding hydrogens is 396 g/mol. The lowest BCUT2D eigenvalue weighted by molar-refractivity contribution is 0.0950. The summed E-state index contributed by atoms with van der Waals surface area (Å²) in [7, 11) is 0. The lowest BCUT2D eigenvalue weighted by Crippen LogP contribution is -2.26. The van der Waals surface area contributed by atoms with E-state index in [0.29, 0.717) is 22.9 Å². The molecule has 0 radical (unpaired) electrons. The lowest BCUT2D eigenvalue weighted by atomic mass is 9.98. The molecule has 0 atom stereocenters. The highest BCUT2D eigenvalue weighted by Gasteiger charge is 2.13. The first kappa shape index (κ1) is 18.9. The normalized spacial score (nSPS) is 13.0. The Bertz CT molecular complexity index is 992. The van der Waals surface area contributed by atoms with E-state index in [-0.39, 0.29) is 12.5 Å². The van der Waals surface area contributed by atoms with Gasteiger partial charge in [0, 0.05) is 12.1 Å². The molecule has 1 aliphatic heterocycles. The minimum absolute atomic E-state index is 0.106. The topological polar surface area (TPSA) is 76.1 Å². The Morgan fingerprint density at radius 3 is 2.93 bits per heavy atom. The molecule has 2 heterocycles. The van der Waals surface area contributed by atoms with Crippen LogP contribution in [0.5, 0.6) is 5.75 Å². The van der Waals surface area contributed by atoms with Crippen molar-refractivity contribution in [3.8, 4) is 5.75 Å². The average Bonchev–Trinajstić information content (AvgIpc) is 3.19. The van der Waals surface area contributed by atoms with Gasteiger partial charge < -0.3 is 15.4 Å². The number of aromatic nitrogens is 2. The summed E-state index contributed by atoms with van der Waals surface area (Å²) in [5.74, 6) is 0.502. The van der Waals surface area contributed by atoms with Crippen molar-refractivity contribution in [2.24, 2.45) is 0 Å². The summed E-state index contributed by atoms with van der Waals surface area (Å²) in [4.78, 5) is 12.4. The van der Waals surface area contributed by atoms with E-state index in [9.17, 15) is 4.79 Å². The highest BCUT2D eigenvalue weighted by molar-refractivity contribution is 7.11. The SMILES string of the molecule is O=C(NCc1nnc(COc2ccccc2Cl)s1)c1ccc2c(c1)CCNC2. The van der Waals surface area contributed by atoms with Gasteiger partial charge in [-0.25, -0.2) is 0 Å². The number of carbonyl (C=O) groups excluding carboxylic acids is 1. The van der Waals surface area contributed by atoms with E-state index in [0.717, 1.165) is 29.5 Å². The van der Waals surface area contributed by atoms with Crippen molar-refractivity contribution in [3.05, 3.63) is 74.2 Å². The summed E-state index contributed by atoms with van der Waals surface area (Å²) < 4.78 is 5.67. The zero-order valence-corrected chi connectivity index (χ0v) is 16.6. The molecular formula is C20H19ClN4O2S. The number of carbonyl (C=O) groups is 1. The molecule has 144 valence electrons. The maximum absolute atomic E-state index is 12.4. The number of fused-ring (bicyclic) bond motifs is 1. The Labute approximate surface area is 171 Å². The molecule has 0 spiro atoms. The van der Waals surface area contributed by atoms with Crippen LogP contribution in [-0.2, 0) is 26.1 Å². The zero-order valence-electron chi connectivity index (χ0n) is 15.1. The summed E-state index contributed by atoms with van der Waals surface area (Å²) in [6, 6.07) is 13.2. The number of halogens is 1. The highest BCUT2D eigenvalue weighted by Crippen LogP contribution is 2.24. The molecule has 0 fully saturated rings. The Balaban J connectivity index is 1.32. The molecule has 0 unspecified atom stereocenters. The lowest BCUT2D eigenvalue weighted by Gasteiger charge is -2.17. The standard InChI is InChI=1S/C20H19ClN4O2S/c21-16-3-1-2-4-17(16)27-12-19-25-24-18(28-19)11-23-20(26)14-5-6-15-10-22-8-7-13(15)9-14/h1-6,9,22H,7-8,10-12H2,(H,23,26). The smallest absolute Gasteiger partial charge is 0.251 e. The van der Waals surface area contributed by atoms with Crippen molar-refractivity contribution in [2.75, 3.05) is 6.54 Å². The number of hydrogen-bond acceptors (Lipinski definition) is 6. The van der Waals surface area contributed by atoms with E-state index >= 15 is 0 Å². The second-order valence-corrected chi connectivity index (χ2v) is 7.96. The van der Waals surface area contributed by atoms with Crippen LogP contribution in [0.4, 0.5) is 0 Å². The largest absolute Gasteiger partial charge is 0.485 e. The molecule has 2 aromatic carbocycles. The molecule has 0 saturated carbocycles. The Morgan fingerprint density at radius 2 is 2.04 bits per heavy atom. The number of nitrogens with zero attached hydrogens (tertiary/aromatic N) is 2. The second-order valence-electron chi connectivity index (χ2n) is 6.40. The quantitative estimate of drug-likeness (QED) is 0.647. The number of hydrogen-bond donors (Lipinski definition) is 2. The Morgan fingerprint density at radius 1 is 1.18 bits per heavy atom. The van der Waals surface area contributed by atoms with Crippen LogP contribution in [0.25, 0.3) is 0 Å². The van der Waals surface area contributed by atoms with Crippen molar-refractivity contribution >= 4 is 28.8 Å².